The molecule has 1 N–H and O–H groups in total. The standard InChI is InChI=1S/C10H13Cl2NO3S/c1-10(2,3)16-13-17(14,15)9-6-7(11)4-5-8(9)12/h4-6,13H,1-3H3. The second-order valence-corrected chi connectivity index (χ2v) is 6.83. The lowest BCUT2D eigenvalue weighted by Gasteiger charge is -2.19. The number of sulfonamides is 1. The first kappa shape index (κ1) is 14.7. The van der Waals surface area contributed by atoms with Crippen LogP contribution in [0.5, 0.6) is 0 Å². The molecule has 0 aromatic heterocycles. The first-order valence-corrected chi connectivity index (χ1v) is 7.00. The van der Waals surface area contributed by atoms with Crippen LogP contribution in [0, 0.1) is 0 Å². The summed E-state index contributed by atoms with van der Waals surface area (Å²) in [5, 5.41) is 0.366. The maximum atomic E-state index is 11.9. The molecule has 0 aliphatic carbocycles. The van der Waals surface area contributed by atoms with E-state index in [0.717, 1.165) is 0 Å². The molecule has 0 aliphatic rings. The lowest BCUT2D eigenvalue weighted by Crippen LogP contribution is -2.33. The van der Waals surface area contributed by atoms with Gasteiger partial charge in [-0.15, -0.1) is 0 Å². The molecule has 0 atom stereocenters. The van der Waals surface area contributed by atoms with Crippen molar-refractivity contribution in [1.29, 1.82) is 0 Å². The minimum atomic E-state index is -3.84. The van der Waals surface area contributed by atoms with Gasteiger partial charge in [0.15, 0.2) is 0 Å². The SMILES string of the molecule is CC(C)(C)ONS(=O)(=O)c1cc(Cl)ccc1Cl. The van der Waals surface area contributed by atoms with E-state index in [1.54, 1.807) is 20.8 Å². The molecule has 0 aliphatic heterocycles. The first-order chi connectivity index (χ1) is 7.62. The van der Waals surface area contributed by atoms with Gasteiger partial charge >= 0.3 is 0 Å². The van der Waals surface area contributed by atoms with E-state index in [4.69, 9.17) is 28.0 Å². The highest BCUT2D eigenvalue weighted by Gasteiger charge is 2.21. The van der Waals surface area contributed by atoms with Crippen LogP contribution in [0.1, 0.15) is 20.8 Å². The van der Waals surface area contributed by atoms with Crippen molar-refractivity contribution in [2.24, 2.45) is 0 Å². The van der Waals surface area contributed by atoms with E-state index in [2.05, 4.69) is 0 Å². The van der Waals surface area contributed by atoms with Crippen LogP contribution in [-0.2, 0) is 14.9 Å². The van der Waals surface area contributed by atoms with Gasteiger partial charge in [-0.1, -0.05) is 28.1 Å². The van der Waals surface area contributed by atoms with E-state index >= 15 is 0 Å². The molecule has 0 amide bonds. The predicted molar refractivity (Wildman–Crippen MR) is 67.6 cm³/mol. The van der Waals surface area contributed by atoms with Gasteiger partial charge in [0, 0.05) is 5.02 Å². The number of rotatable bonds is 3. The Hall–Kier alpha value is -0.330. The van der Waals surface area contributed by atoms with E-state index in [9.17, 15) is 8.42 Å². The number of benzene rings is 1. The number of hydrogen-bond donors (Lipinski definition) is 1. The Kier molecular flexibility index (Phi) is 4.43. The van der Waals surface area contributed by atoms with Crippen molar-refractivity contribution in [2.45, 2.75) is 31.3 Å². The largest absolute Gasteiger partial charge is 0.281 e. The summed E-state index contributed by atoms with van der Waals surface area (Å²) in [6, 6.07) is 4.18. The van der Waals surface area contributed by atoms with Gasteiger partial charge in [0.1, 0.15) is 4.90 Å². The minimum absolute atomic E-state index is 0.0828. The Morgan fingerprint density at radius 3 is 2.35 bits per heavy atom. The van der Waals surface area contributed by atoms with Crippen LogP contribution in [0.3, 0.4) is 0 Å². The van der Waals surface area contributed by atoms with Gasteiger partial charge in [-0.05, 0) is 39.0 Å². The Bertz CT molecular complexity index is 509. The summed E-state index contributed by atoms with van der Waals surface area (Å²) in [5.41, 5.74) is -0.641. The van der Waals surface area contributed by atoms with E-state index in [1.165, 1.54) is 18.2 Å². The molecule has 1 aromatic rings. The molecule has 96 valence electrons. The number of halogens is 2. The summed E-state index contributed by atoms with van der Waals surface area (Å²) in [5.74, 6) is 0. The summed E-state index contributed by atoms with van der Waals surface area (Å²) in [6.07, 6.45) is 0. The van der Waals surface area contributed by atoms with Crippen LogP contribution in [0.25, 0.3) is 0 Å². The van der Waals surface area contributed by atoms with Gasteiger partial charge in [-0.25, -0.2) is 8.42 Å². The third-order valence-electron chi connectivity index (χ3n) is 1.64. The van der Waals surface area contributed by atoms with E-state index in [0.29, 0.717) is 0 Å². The Morgan fingerprint density at radius 2 is 1.82 bits per heavy atom. The highest BCUT2D eigenvalue weighted by Crippen LogP contribution is 2.25. The fourth-order valence-corrected chi connectivity index (χ4v) is 2.62. The van der Waals surface area contributed by atoms with Crippen LogP contribution < -0.4 is 4.89 Å². The average molecular weight is 298 g/mol. The molecule has 1 rings (SSSR count). The smallest absolute Gasteiger partial charge is 0.264 e. The normalized spacial score (nSPS) is 12.8. The van der Waals surface area contributed by atoms with Crippen LogP contribution in [0.15, 0.2) is 23.1 Å². The van der Waals surface area contributed by atoms with Gasteiger partial charge in [0.25, 0.3) is 10.0 Å². The van der Waals surface area contributed by atoms with Crippen molar-refractivity contribution in [1.82, 2.24) is 4.89 Å². The highest BCUT2D eigenvalue weighted by atomic mass is 35.5. The highest BCUT2D eigenvalue weighted by molar-refractivity contribution is 7.89. The molecule has 0 radical (unpaired) electrons. The topological polar surface area (TPSA) is 55.4 Å². The molecular weight excluding hydrogens is 285 g/mol. The summed E-state index contributed by atoms with van der Waals surface area (Å²) in [4.78, 5) is 6.90. The molecule has 0 heterocycles. The maximum absolute atomic E-state index is 11.9. The zero-order valence-corrected chi connectivity index (χ0v) is 11.9. The first-order valence-electron chi connectivity index (χ1n) is 4.77. The molecule has 4 nitrogen and oxygen atoms in total. The van der Waals surface area contributed by atoms with Gasteiger partial charge in [0.2, 0.25) is 0 Å². The summed E-state index contributed by atoms with van der Waals surface area (Å²) >= 11 is 11.5. The van der Waals surface area contributed by atoms with Crippen molar-refractivity contribution in [3.8, 4) is 0 Å². The van der Waals surface area contributed by atoms with Gasteiger partial charge < -0.3 is 0 Å². The van der Waals surface area contributed by atoms with Crippen molar-refractivity contribution in [2.75, 3.05) is 0 Å². The lowest BCUT2D eigenvalue weighted by atomic mass is 10.2. The molecule has 0 saturated carbocycles. The summed E-state index contributed by atoms with van der Waals surface area (Å²) < 4.78 is 23.7. The number of hydrogen-bond acceptors (Lipinski definition) is 3. The summed E-state index contributed by atoms with van der Waals surface area (Å²) in [7, 11) is -3.84. The molecule has 7 heteroatoms. The maximum Gasteiger partial charge on any atom is 0.264 e. The van der Waals surface area contributed by atoms with Crippen molar-refractivity contribution in [3.05, 3.63) is 28.2 Å². The quantitative estimate of drug-likeness (QED) is 0.873. The van der Waals surface area contributed by atoms with Crippen molar-refractivity contribution in [3.63, 3.8) is 0 Å². The Morgan fingerprint density at radius 1 is 1.24 bits per heavy atom. The van der Waals surface area contributed by atoms with Crippen molar-refractivity contribution < 1.29 is 13.3 Å². The molecule has 0 bridgehead atoms. The predicted octanol–water partition coefficient (Wildman–Crippen LogP) is 3.00. The molecule has 0 spiro atoms. The van der Waals surface area contributed by atoms with E-state index in [-0.39, 0.29) is 14.9 Å². The zero-order valence-electron chi connectivity index (χ0n) is 9.62. The van der Waals surface area contributed by atoms with E-state index < -0.39 is 15.6 Å². The third kappa shape index (κ3) is 4.44. The van der Waals surface area contributed by atoms with Gasteiger partial charge in [-0.3, -0.25) is 4.84 Å². The van der Waals surface area contributed by atoms with Crippen molar-refractivity contribution >= 4 is 33.2 Å². The molecular formula is C10H13Cl2NO3S. The monoisotopic (exact) mass is 297 g/mol. The fraction of sp³-hybridized carbons (Fsp3) is 0.400. The Labute approximate surface area is 111 Å². The van der Waals surface area contributed by atoms with Crippen LogP contribution in [0.4, 0.5) is 0 Å². The molecule has 0 unspecified atom stereocenters. The minimum Gasteiger partial charge on any atom is -0.281 e. The van der Waals surface area contributed by atoms with Gasteiger partial charge in [0.05, 0.1) is 10.6 Å². The average Bonchev–Trinajstić information content (AvgIpc) is 2.18. The zero-order chi connectivity index (χ0) is 13.3. The van der Waals surface area contributed by atoms with Crippen LogP contribution >= 0.6 is 23.2 Å². The fourth-order valence-electron chi connectivity index (χ4n) is 0.908. The second kappa shape index (κ2) is 5.12. The third-order valence-corrected chi connectivity index (χ3v) is 3.54. The molecule has 17 heavy (non-hydrogen) atoms. The molecule has 0 saturated heterocycles. The molecule has 0 fully saturated rings. The van der Waals surface area contributed by atoms with Crippen LogP contribution in [-0.4, -0.2) is 14.0 Å². The second-order valence-electron chi connectivity index (χ2n) is 4.38. The Balaban J connectivity index is 3.02. The van der Waals surface area contributed by atoms with Crippen LogP contribution in [0.2, 0.25) is 10.0 Å². The van der Waals surface area contributed by atoms with Gasteiger partial charge in [-0.2, -0.15) is 0 Å². The number of nitrogens with one attached hydrogen (secondary N) is 1. The lowest BCUT2D eigenvalue weighted by molar-refractivity contribution is -0.0357. The summed E-state index contributed by atoms with van der Waals surface area (Å²) in [6.45, 7) is 5.15. The molecule has 1 aromatic carbocycles. The van der Waals surface area contributed by atoms with E-state index in [1.807, 2.05) is 4.89 Å².